The van der Waals surface area contributed by atoms with E-state index in [1.54, 1.807) is 18.2 Å². The number of halogens is 2. The van der Waals surface area contributed by atoms with Crippen molar-refractivity contribution in [3.63, 3.8) is 0 Å². The van der Waals surface area contributed by atoms with Gasteiger partial charge in [-0.3, -0.25) is 0 Å². The Morgan fingerprint density at radius 1 is 1.12 bits per heavy atom. The lowest BCUT2D eigenvalue weighted by Crippen LogP contribution is -1.99. The summed E-state index contributed by atoms with van der Waals surface area (Å²) in [6, 6.07) is 7.78. The molecule has 0 saturated carbocycles. The van der Waals surface area contributed by atoms with E-state index in [0.29, 0.717) is 33.9 Å². The summed E-state index contributed by atoms with van der Waals surface area (Å²) in [5.41, 5.74) is 1.29. The van der Waals surface area contributed by atoms with E-state index < -0.39 is 5.82 Å². The maximum Gasteiger partial charge on any atom is 0.224 e. The van der Waals surface area contributed by atoms with Crippen LogP contribution in [0.1, 0.15) is 5.56 Å². The number of benzene rings is 2. The molecule has 2 aromatic carbocycles. The Balaban J connectivity index is 0.00000243. The van der Waals surface area contributed by atoms with Crippen LogP contribution in [0.15, 0.2) is 30.3 Å². The molecule has 0 spiro atoms. The van der Waals surface area contributed by atoms with E-state index >= 15 is 0 Å². The quantitative estimate of drug-likeness (QED) is 0.558. The molecule has 134 valence electrons. The molecule has 26 heavy (non-hydrogen) atoms. The molecule has 0 saturated heterocycles. The first-order valence-electron chi connectivity index (χ1n) is 7.18. The minimum absolute atomic E-state index is 0. The molecule has 0 aliphatic rings. The van der Waals surface area contributed by atoms with Gasteiger partial charge in [0.05, 0.1) is 25.3 Å². The standard InChI is InChI=1S/C18H13ClFN3O2.H2O/c1-4-10-7-11(5-6-13(10)20)21-17-12-8-15(24-2)16(25-3)9-14(12)22-18(19)23-17;/h1,5-9H,2-3H3,(H,21,22,23);1H2. The highest BCUT2D eigenvalue weighted by molar-refractivity contribution is 6.28. The van der Waals surface area contributed by atoms with Crippen LogP contribution in [-0.2, 0) is 0 Å². The van der Waals surface area contributed by atoms with Crippen LogP contribution in [0.4, 0.5) is 15.9 Å². The number of terminal acetylenes is 1. The van der Waals surface area contributed by atoms with E-state index in [2.05, 4.69) is 21.2 Å². The second-order valence-corrected chi connectivity index (χ2v) is 5.37. The SMILES string of the molecule is C#Cc1cc(Nc2nc(Cl)nc3cc(OC)c(OC)cc23)ccc1F.O. The first kappa shape index (κ1) is 19.2. The smallest absolute Gasteiger partial charge is 0.224 e. The molecule has 0 fully saturated rings. The van der Waals surface area contributed by atoms with Crippen molar-refractivity contribution in [2.75, 3.05) is 19.5 Å². The fraction of sp³-hybridized carbons (Fsp3) is 0.111. The monoisotopic (exact) mass is 375 g/mol. The van der Waals surface area contributed by atoms with Gasteiger partial charge in [-0.05, 0) is 35.9 Å². The number of nitrogens with one attached hydrogen (secondary N) is 1. The summed E-state index contributed by atoms with van der Waals surface area (Å²) in [5, 5.41) is 3.80. The average molecular weight is 376 g/mol. The zero-order valence-corrected chi connectivity index (χ0v) is 14.7. The summed E-state index contributed by atoms with van der Waals surface area (Å²) in [4.78, 5) is 8.40. The lowest BCUT2D eigenvalue weighted by atomic mass is 10.1. The fourth-order valence-electron chi connectivity index (χ4n) is 2.37. The highest BCUT2D eigenvalue weighted by Gasteiger charge is 2.13. The Bertz CT molecular complexity index is 1010. The molecular weight excluding hydrogens is 361 g/mol. The Hall–Kier alpha value is -3.08. The van der Waals surface area contributed by atoms with Gasteiger partial charge in [-0.15, -0.1) is 6.42 Å². The van der Waals surface area contributed by atoms with Crippen molar-refractivity contribution in [2.45, 2.75) is 0 Å². The van der Waals surface area contributed by atoms with Gasteiger partial charge in [0.2, 0.25) is 5.28 Å². The molecule has 0 aliphatic carbocycles. The second-order valence-electron chi connectivity index (χ2n) is 5.03. The number of aromatic nitrogens is 2. The third-order valence-corrected chi connectivity index (χ3v) is 3.73. The van der Waals surface area contributed by atoms with E-state index in [9.17, 15) is 4.39 Å². The second kappa shape index (κ2) is 7.87. The van der Waals surface area contributed by atoms with Crippen molar-refractivity contribution in [1.82, 2.24) is 9.97 Å². The van der Waals surface area contributed by atoms with Gasteiger partial charge in [-0.1, -0.05) is 5.92 Å². The van der Waals surface area contributed by atoms with E-state index in [-0.39, 0.29) is 16.3 Å². The number of hydrogen-bond acceptors (Lipinski definition) is 5. The summed E-state index contributed by atoms with van der Waals surface area (Å²) >= 11 is 6.02. The van der Waals surface area contributed by atoms with Gasteiger partial charge < -0.3 is 20.3 Å². The van der Waals surface area contributed by atoms with Crippen LogP contribution in [0.5, 0.6) is 11.5 Å². The molecule has 3 rings (SSSR count). The molecule has 0 aliphatic heterocycles. The molecule has 6 nitrogen and oxygen atoms in total. The van der Waals surface area contributed by atoms with Crippen LogP contribution >= 0.6 is 11.6 Å². The minimum Gasteiger partial charge on any atom is -0.493 e. The highest BCUT2D eigenvalue weighted by atomic mass is 35.5. The van der Waals surface area contributed by atoms with Crippen molar-refractivity contribution < 1.29 is 19.3 Å². The third kappa shape index (κ3) is 3.61. The van der Waals surface area contributed by atoms with Crippen molar-refractivity contribution in [2.24, 2.45) is 0 Å². The zero-order valence-electron chi connectivity index (χ0n) is 13.9. The van der Waals surface area contributed by atoms with Crippen LogP contribution in [0, 0.1) is 18.2 Å². The molecule has 0 amide bonds. The lowest BCUT2D eigenvalue weighted by molar-refractivity contribution is 0.356. The molecule has 1 aromatic heterocycles. The summed E-state index contributed by atoms with van der Waals surface area (Å²) in [6.45, 7) is 0. The van der Waals surface area contributed by atoms with E-state index in [0.717, 1.165) is 0 Å². The van der Waals surface area contributed by atoms with Gasteiger partial charge in [0.15, 0.2) is 11.5 Å². The molecule has 3 aromatic rings. The molecule has 8 heteroatoms. The molecule has 1 heterocycles. The third-order valence-electron chi connectivity index (χ3n) is 3.56. The van der Waals surface area contributed by atoms with Crippen molar-refractivity contribution in [1.29, 1.82) is 0 Å². The Morgan fingerprint density at radius 3 is 2.46 bits per heavy atom. The zero-order chi connectivity index (χ0) is 18.0. The Labute approximate surface area is 154 Å². The maximum atomic E-state index is 13.6. The van der Waals surface area contributed by atoms with E-state index in [1.807, 2.05) is 0 Å². The Morgan fingerprint density at radius 2 is 1.81 bits per heavy atom. The van der Waals surface area contributed by atoms with Crippen molar-refractivity contribution >= 4 is 34.0 Å². The first-order chi connectivity index (χ1) is 12.0. The van der Waals surface area contributed by atoms with Crippen LogP contribution in [0.2, 0.25) is 5.28 Å². The largest absolute Gasteiger partial charge is 0.493 e. The van der Waals surface area contributed by atoms with Crippen LogP contribution in [0.3, 0.4) is 0 Å². The summed E-state index contributed by atoms with van der Waals surface area (Å²) in [5.74, 6) is 3.30. The van der Waals surface area contributed by atoms with Crippen LogP contribution in [-0.4, -0.2) is 29.7 Å². The number of ether oxygens (including phenoxy) is 2. The average Bonchev–Trinajstić information content (AvgIpc) is 2.62. The number of fused-ring (bicyclic) bond motifs is 1. The Kier molecular flexibility index (Phi) is 5.82. The number of anilines is 2. The number of rotatable bonds is 4. The maximum absolute atomic E-state index is 13.6. The fourth-order valence-corrected chi connectivity index (χ4v) is 2.55. The summed E-state index contributed by atoms with van der Waals surface area (Å²) in [7, 11) is 3.07. The van der Waals surface area contributed by atoms with Gasteiger partial charge in [0, 0.05) is 17.1 Å². The minimum atomic E-state index is -0.468. The predicted molar refractivity (Wildman–Crippen MR) is 98.9 cm³/mol. The topological polar surface area (TPSA) is 87.8 Å². The van der Waals surface area contributed by atoms with Gasteiger partial charge >= 0.3 is 0 Å². The molecule has 0 bridgehead atoms. The van der Waals surface area contributed by atoms with Crippen LogP contribution < -0.4 is 14.8 Å². The lowest BCUT2D eigenvalue weighted by Gasteiger charge is -2.13. The molecule has 0 unspecified atom stereocenters. The normalized spacial score (nSPS) is 9.96. The number of nitrogens with zero attached hydrogens (tertiary/aromatic N) is 2. The summed E-state index contributed by atoms with van der Waals surface area (Å²) in [6.07, 6.45) is 5.30. The summed E-state index contributed by atoms with van der Waals surface area (Å²) < 4.78 is 24.1. The number of methoxy groups -OCH3 is 2. The van der Waals surface area contributed by atoms with Gasteiger partial charge in [0.25, 0.3) is 0 Å². The van der Waals surface area contributed by atoms with Crippen molar-refractivity contribution in [3.8, 4) is 23.8 Å². The van der Waals surface area contributed by atoms with Crippen LogP contribution in [0.25, 0.3) is 10.9 Å². The molecule has 3 N–H and O–H groups in total. The predicted octanol–water partition coefficient (Wildman–Crippen LogP) is 3.34. The van der Waals surface area contributed by atoms with E-state index in [4.69, 9.17) is 27.5 Å². The molecular formula is C18H15ClFN3O3. The molecule has 0 atom stereocenters. The van der Waals surface area contributed by atoms with Crippen molar-refractivity contribution in [3.05, 3.63) is 47.0 Å². The molecule has 0 radical (unpaired) electrons. The van der Waals surface area contributed by atoms with E-state index in [1.165, 1.54) is 26.4 Å². The van der Waals surface area contributed by atoms with Gasteiger partial charge in [-0.2, -0.15) is 4.98 Å². The van der Waals surface area contributed by atoms with Gasteiger partial charge in [0.1, 0.15) is 11.6 Å². The number of hydrogen-bond donors (Lipinski definition) is 1. The van der Waals surface area contributed by atoms with Gasteiger partial charge in [-0.25, -0.2) is 9.37 Å². The highest BCUT2D eigenvalue weighted by Crippen LogP contribution is 2.35. The first-order valence-corrected chi connectivity index (χ1v) is 7.56.